The van der Waals surface area contributed by atoms with E-state index < -0.39 is 0 Å². The normalized spacial score (nSPS) is 12.7. The number of hydrogen-bond donors (Lipinski definition) is 1. The first-order valence-electron chi connectivity index (χ1n) is 5.25. The molecule has 0 spiro atoms. The number of nitrogens with one attached hydrogen (secondary N) is 1. The van der Waals surface area contributed by atoms with Crippen molar-refractivity contribution in [3.63, 3.8) is 0 Å². The fourth-order valence-corrected chi connectivity index (χ4v) is 1.78. The highest BCUT2D eigenvalue weighted by molar-refractivity contribution is 6.00. The van der Waals surface area contributed by atoms with Crippen molar-refractivity contribution >= 4 is 5.78 Å². The fourth-order valence-electron chi connectivity index (χ4n) is 1.78. The number of ketones is 1. The van der Waals surface area contributed by atoms with E-state index in [0.717, 1.165) is 17.7 Å². The van der Waals surface area contributed by atoms with E-state index in [4.69, 9.17) is 11.2 Å². The van der Waals surface area contributed by atoms with Gasteiger partial charge in [0.15, 0.2) is 5.78 Å². The Morgan fingerprint density at radius 2 is 2.44 bits per heavy atom. The summed E-state index contributed by atoms with van der Waals surface area (Å²) >= 11 is 0. The standard InChI is InChI=1S/C13H13NO2/c1-2-7-14-9-12(15)11-5-3-4-10-6-8-16-13(10)11/h1,3-5,14H,6-9H2. The number of carbonyl (C=O) groups is 1. The van der Waals surface area contributed by atoms with Crippen LogP contribution in [0, 0.1) is 12.3 Å². The monoisotopic (exact) mass is 215 g/mol. The molecule has 0 radical (unpaired) electrons. The zero-order chi connectivity index (χ0) is 11.4. The van der Waals surface area contributed by atoms with Crippen LogP contribution in [0.2, 0.25) is 0 Å². The molecule has 0 amide bonds. The molecule has 0 saturated heterocycles. The van der Waals surface area contributed by atoms with E-state index >= 15 is 0 Å². The van der Waals surface area contributed by atoms with Gasteiger partial charge < -0.3 is 4.74 Å². The number of ether oxygens (including phenoxy) is 1. The van der Waals surface area contributed by atoms with Crippen LogP contribution >= 0.6 is 0 Å². The van der Waals surface area contributed by atoms with Crippen LogP contribution in [-0.2, 0) is 6.42 Å². The summed E-state index contributed by atoms with van der Waals surface area (Å²) in [6, 6.07) is 5.68. The first kappa shape index (κ1) is 10.7. The van der Waals surface area contributed by atoms with E-state index in [2.05, 4.69) is 11.2 Å². The van der Waals surface area contributed by atoms with Gasteiger partial charge in [-0.3, -0.25) is 10.1 Å². The van der Waals surface area contributed by atoms with Crippen LogP contribution in [0.25, 0.3) is 0 Å². The van der Waals surface area contributed by atoms with Crippen molar-refractivity contribution in [2.45, 2.75) is 6.42 Å². The summed E-state index contributed by atoms with van der Waals surface area (Å²) in [6.07, 6.45) is 5.98. The summed E-state index contributed by atoms with van der Waals surface area (Å²) < 4.78 is 5.47. The SMILES string of the molecule is C#CCNCC(=O)c1cccc2c1OCC2. The molecule has 1 aromatic carbocycles. The van der Waals surface area contributed by atoms with Gasteiger partial charge in [-0.05, 0) is 11.6 Å². The Balaban J connectivity index is 2.12. The smallest absolute Gasteiger partial charge is 0.180 e. The van der Waals surface area contributed by atoms with Gasteiger partial charge in [-0.1, -0.05) is 18.1 Å². The summed E-state index contributed by atoms with van der Waals surface area (Å²) in [4.78, 5) is 11.9. The van der Waals surface area contributed by atoms with E-state index in [0.29, 0.717) is 18.7 Å². The average Bonchev–Trinajstić information content (AvgIpc) is 2.76. The summed E-state index contributed by atoms with van der Waals surface area (Å²) in [6.45, 7) is 1.32. The third-order valence-corrected chi connectivity index (χ3v) is 2.53. The summed E-state index contributed by atoms with van der Waals surface area (Å²) in [5.41, 5.74) is 1.77. The van der Waals surface area contributed by atoms with Crippen molar-refractivity contribution in [1.29, 1.82) is 0 Å². The van der Waals surface area contributed by atoms with Gasteiger partial charge in [0.25, 0.3) is 0 Å². The number of carbonyl (C=O) groups excluding carboxylic acids is 1. The molecule has 1 N–H and O–H groups in total. The number of Topliss-reactive ketones (excluding diaryl/α,β-unsaturated/α-hetero) is 1. The van der Waals surface area contributed by atoms with E-state index in [1.165, 1.54) is 0 Å². The molecule has 3 heteroatoms. The van der Waals surface area contributed by atoms with Gasteiger partial charge in [0.1, 0.15) is 5.75 Å². The second-order valence-corrected chi connectivity index (χ2v) is 3.62. The lowest BCUT2D eigenvalue weighted by Crippen LogP contribution is -2.23. The summed E-state index contributed by atoms with van der Waals surface area (Å²) in [5.74, 6) is 3.20. The van der Waals surface area contributed by atoms with Gasteiger partial charge in [-0.15, -0.1) is 6.42 Å². The first-order chi connectivity index (χ1) is 7.83. The zero-order valence-electron chi connectivity index (χ0n) is 8.95. The Morgan fingerprint density at radius 3 is 3.25 bits per heavy atom. The highest BCUT2D eigenvalue weighted by atomic mass is 16.5. The third kappa shape index (κ3) is 2.07. The number of para-hydroxylation sites is 1. The second-order valence-electron chi connectivity index (χ2n) is 3.62. The van der Waals surface area contributed by atoms with Crippen molar-refractivity contribution in [3.8, 4) is 18.1 Å². The van der Waals surface area contributed by atoms with Gasteiger partial charge in [0.2, 0.25) is 0 Å². The highest BCUT2D eigenvalue weighted by Crippen LogP contribution is 2.29. The number of hydrogen-bond acceptors (Lipinski definition) is 3. The Labute approximate surface area is 94.8 Å². The molecule has 0 saturated carbocycles. The van der Waals surface area contributed by atoms with Crippen LogP contribution in [0.15, 0.2) is 18.2 Å². The number of rotatable bonds is 4. The number of fused-ring (bicyclic) bond motifs is 1. The number of benzene rings is 1. The molecule has 0 bridgehead atoms. The summed E-state index contributed by atoms with van der Waals surface area (Å²) in [5, 5.41) is 2.88. The molecule has 1 aromatic rings. The molecular weight excluding hydrogens is 202 g/mol. The molecule has 16 heavy (non-hydrogen) atoms. The lowest BCUT2D eigenvalue weighted by Gasteiger charge is -2.06. The van der Waals surface area contributed by atoms with E-state index in [1.54, 1.807) is 6.07 Å². The second kappa shape index (κ2) is 4.82. The van der Waals surface area contributed by atoms with Crippen molar-refractivity contribution in [2.24, 2.45) is 0 Å². The minimum Gasteiger partial charge on any atom is -0.492 e. The lowest BCUT2D eigenvalue weighted by atomic mass is 10.0. The Hall–Kier alpha value is -1.79. The van der Waals surface area contributed by atoms with Gasteiger partial charge in [-0.2, -0.15) is 0 Å². The maximum Gasteiger partial charge on any atom is 0.180 e. The van der Waals surface area contributed by atoms with Gasteiger partial charge in [-0.25, -0.2) is 0 Å². The predicted octanol–water partition coefficient (Wildman–Crippen LogP) is 1.03. The largest absolute Gasteiger partial charge is 0.492 e. The fraction of sp³-hybridized carbons (Fsp3) is 0.308. The average molecular weight is 215 g/mol. The quantitative estimate of drug-likeness (QED) is 0.463. The molecule has 1 aliphatic heterocycles. The van der Waals surface area contributed by atoms with Crippen molar-refractivity contribution in [2.75, 3.05) is 19.7 Å². The first-order valence-corrected chi connectivity index (χ1v) is 5.25. The van der Waals surface area contributed by atoms with Crippen LogP contribution in [0.4, 0.5) is 0 Å². The zero-order valence-corrected chi connectivity index (χ0v) is 8.95. The molecule has 0 aliphatic carbocycles. The van der Waals surface area contributed by atoms with Crippen molar-refractivity contribution in [3.05, 3.63) is 29.3 Å². The van der Waals surface area contributed by atoms with Crippen molar-refractivity contribution in [1.82, 2.24) is 5.32 Å². The minimum atomic E-state index is 0.0222. The molecule has 0 fully saturated rings. The van der Waals surface area contributed by atoms with Gasteiger partial charge in [0, 0.05) is 6.42 Å². The minimum absolute atomic E-state index is 0.0222. The summed E-state index contributed by atoms with van der Waals surface area (Å²) in [7, 11) is 0. The topological polar surface area (TPSA) is 38.3 Å². The molecule has 0 atom stereocenters. The lowest BCUT2D eigenvalue weighted by molar-refractivity contribution is 0.0989. The highest BCUT2D eigenvalue weighted by Gasteiger charge is 2.19. The van der Waals surface area contributed by atoms with E-state index in [9.17, 15) is 4.79 Å². The molecule has 82 valence electrons. The Morgan fingerprint density at radius 1 is 1.56 bits per heavy atom. The maximum absolute atomic E-state index is 11.9. The van der Waals surface area contributed by atoms with Crippen LogP contribution in [0.3, 0.4) is 0 Å². The number of terminal acetylenes is 1. The molecule has 3 nitrogen and oxygen atoms in total. The Kier molecular flexibility index (Phi) is 3.23. The van der Waals surface area contributed by atoms with Crippen LogP contribution in [0.5, 0.6) is 5.75 Å². The van der Waals surface area contributed by atoms with Gasteiger partial charge >= 0.3 is 0 Å². The van der Waals surface area contributed by atoms with Crippen LogP contribution < -0.4 is 10.1 Å². The predicted molar refractivity (Wildman–Crippen MR) is 61.7 cm³/mol. The van der Waals surface area contributed by atoms with Gasteiger partial charge in [0.05, 0.1) is 25.3 Å². The molecule has 0 aromatic heterocycles. The maximum atomic E-state index is 11.9. The van der Waals surface area contributed by atoms with Crippen LogP contribution in [-0.4, -0.2) is 25.5 Å². The van der Waals surface area contributed by atoms with Crippen molar-refractivity contribution < 1.29 is 9.53 Å². The van der Waals surface area contributed by atoms with Crippen LogP contribution in [0.1, 0.15) is 15.9 Å². The molecule has 1 heterocycles. The third-order valence-electron chi connectivity index (χ3n) is 2.53. The Bertz CT molecular complexity index is 446. The molecule has 2 rings (SSSR count). The molecule has 0 unspecified atom stereocenters. The van der Waals surface area contributed by atoms with E-state index in [1.807, 2.05) is 12.1 Å². The van der Waals surface area contributed by atoms with E-state index in [-0.39, 0.29) is 12.3 Å². The molecular formula is C13H13NO2. The molecule has 1 aliphatic rings.